The predicted molar refractivity (Wildman–Crippen MR) is 62.3 cm³/mol. The second-order valence-electron chi connectivity index (χ2n) is 2.68. The Bertz CT molecular complexity index is 468. The normalized spacial score (nSPS) is 10.8. The van der Waals surface area contributed by atoms with E-state index in [1.165, 1.54) is 0 Å². The molecule has 0 spiro atoms. The zero-order valence-electron chi connectivity index (χ0n) is 7.67. The van der Waals surface area contributed by atoms with Gasteiger partial charge in [-0.05, 0) is 15.9 Å². The third kappa shape index (κ3) is 2.74. The van der Waals surface area contributed by atoms with Gasteiger partial charge < -0.3 is 10.5 Å². The molecule has 16 heavy (non-hydrogen) atoms. The molecule has 8 heteroatoms. The average molecular weight is 311 g/mol. The van der Waals surface area contributed by atoms with Gasteiger partial charge in [-0.3, -0.25) is 4.79 Å². The molecule has 0 fully saturated rings. The second-order valence-corrected chi connectivity index (χ2v) is 4.05. The number of rotatable bonds is 2. The second kappa shape index (κ2) is 5.32. The van der Waals surface area contributed by atoms with Crippen LogP contribution in [0.2, 0.25) is 0 Å². The smallest absolute Gasteiger partial charge is 0.270 e. The van der Waals surface area contributed by atoms with Crippen molar-refractivity contribution in [3.63, 3.8) is 0 Å². The molecule has 0 aliphatic carbocycles. The summed E-state index contributed by atoms with van der Waals surface area (Å²) in [6, 6.07) is 0.825. The minimum absolute atomic E-state index is 0.0562. The maximum absolute atomic E-state index is 13.0. The van der Waals surface area contributed by atoms with Gasteiger partial charge in [-0.25, -0.2) is 8.78 Å². The maximum Gasteiger partial charge on any atom is 0.270 e. The number of nitrogens with zero attached hydrogens (tertiary/aromatic N) is 1. The van der Waals surface area contributed by atoms with E-state index in [1.54, 1.807) is 0 Å². The zero-order chi connectivity index (χ0) is 12.3. The lowest BCUT2D eigenvalue weighted by molar-refractivity contribution is -0.110. The van der Waals surface area contributed by atoms with E-state index in [1.807, 2.05) is 0 Å². The molecular formula is C8H6BrF2N2O2P. The average Bonchev–Trinajstić information content (AvgIpc) is 2.23. The van der Waals surface area contributed by atoms with Crippen molar-refractivity contribution in [2.45, 2.75) is 0 Å². The molecule has 0 aliphatic heterocycles. The predicted octanol–water partition coefficient (Wildman–Crippen LogP) is 1.63. The Hall–Kier alpha value is -1.07. The first kappa shape index (κ1) is 13.0. The molecule has 1 atom stereocenters. The molecule has 0 saturated carbocycles. The van der Waals surface area contributed by atoms with Crippen LogP contribution in [0.15, 0.2) is 15.7 Å². The van der Waals surface area contributed by atoms with Gasteiger partial charge in [-0.15, -0.1) is 9.24 Å². The van der Waals surface area contributed by atoms with Crippen LogP contribution in [0.5, 0.6) is 0 Å². The number of amides is 1. The summed E-state index contributed by atoms with van der Waals surface area (Å²) < 4.78 is 25.9. The molecule has 1 aromatic rings. The largest absolute Gasteiger partial charge is 0.411 e. The van der Waals surface area contributed by atoms with Crippen molar-refractivity contribution in [2.24, 2.45) is 5.16 Å². The van der Waals surface area contributed by atoms with Crippen LogP contribution in [-0.4, -0.2) is 17.3 Å². The Morgan fingerprint density at radius 3 is 2.81 bits per heavy atom. The van der Waals surface area contributed by atoms with Crippen LogP contribution in [-0.2, 0) is 4.79 Å². The van der Waals surface area contributed by atoms with Crippen LogP contribution in [0.4, 0.5) is 14.5 Å². The Balaban J connectivity index is 3.11. The highest BCUT2D eigenvalue weighted by Gasteiger charge is 2.14. The Kier molecular flexibility index (Phi) is 4.32. The number of anilines is 1. The lowest BCUT2D eigenvalue weighted by atomic mass is 10.3. The highest BCUT2D eigenvalue weighted by atomic mass is 79.9. The van der Waals surface area contributed by atoms with Crippen molar-refractivity contribution in [3.8, 4) is 0 Å². The molecule has 1 rings (SSSR count). The minimum Gasteiger partial charge on any atom is -0.411 e. The van der Waals surface area contributed by atoms with Crippen LogP contribution >= 0.6 is 25.2 Å². The third-order valence-electron chi connectivity index (χ3n) is 1.63. The maximum atomic E-state index is 13.0. The summed E-state index contributed by atoms with van der Waals surface area (Å²) in [5, 5.41) is 13.1. The summed E-state index contributed by atoms with van der Waals surface area (Å²) in [6.07, 6.45) is 0.597. The zero-order valence-corrected chi connectivity index (χ0v) is 10.4. The Morgan fingerprint density at radius 2 is 2.25 bits per heavy atom. The van der Waals surface area contributed by atoms with Crippen LogP contribution in [0.3, 0.4) is 0 Å². The minimum atomic E-state index is -1.10. The summed E-state index contributed by atoms with van der Waals surface area (Å²) in [5.74, 6) is -2.91. The molecule has 0 saturated heterocycles. The number of oxime groups is 1. The first-order valence-corrected chi connectivity index (χ1v) is 5.25. The molecule has 1 amide bonds. The Labute approximate surface area is 100 Å². The molecule has 1 unspecified atom stereocenters. The molecule has 86 valence electrons. The summed E-state index contributed by atoms with van der Waals surface area (Å²) in [4.78, 5) is 11.0. The number of nitrogens with one attached hydrogen (secondary N) is 1. The van der Waals surface area contributed by atoms with E-state index in [4.69, 9.17) is 5.21 Å². The quantitative estimate of drug-likeness (QED) is 0.287. The molecule has 1 aromatic carbocycles. The number of carbonyl (C=O) groups excluding carboxylic acids is 1. The van der Waals surface area contributed by atoms with Crippen LogP contribution in [0.25, 0.3) is 0 Å². The van der Waals surface area contributed by atoms with Crippen LogP contribution in [0, 0.1) is 11.6 Å². The molecule has 0 aliphatic rings. The lowest BCUT2D eigenvalue weighted by Crippen LogP contribution is -2.18. The molecule has 0 heterocycles. The lowest BCUT2D eigenvalue weighted by Gasteiger charge is -2.09. The first-order chi connectivity index (χ1) is 7.47. The number of hydrogen-bond donors (Lipinski definition) is 2. The molecule has 0 bridgehead atoms. The van der Waals surface area contributed by atoms with Gasteiger partial charge in [-0.2, -0.15) is 0 Å². The fourth-order valence-corrected chi connectivity index (χ4v) is 1.62. The van der Waals surface area contributed by atoms with Crippen LogP contribution < -0.4 is 10.6 Å². The summed E-state index contributed by atoms with van der Waals surface area (Å²) in [7, 11) is 2.15. The van der Waals surface area contributed by atoms with Crippen molar-refractivity contribution in [1.82, 2.24) is 0 Å². The summed E-state index contributed by atoms with van der Waals surface area (Å²) in [5.41, 5.74) is 0.0562. The van der Waals surface area contributed by atoms with Crippen molar-refractivity contribution in [3.05, 3.63) is 22.2 Å². The van der Waals surface area contributed by atoms with E-state index in [0.717, 1.165) is 6.07 Å². The Morgan fingerprint density at radius 1 is 1.62 bits per heavy atom. The van der Waals surface area contributed by atoms with Gasteiger partial charge in [0.25, 0.3) is 5.91 Å². The van der Waals surface area contributed by atoms with E-state index < -0.39 is 17.5 Å². The number of benzene rings is 1. The number of halogens is 3. The monoisotopic (exact) mass is 310 g/mol. The molecule has 2 N–H and O–H groups in total. The van der Waals surface area contributed by atoms with E-state index in [0.29, 0.717) is 6.21 Å². The van der Waals surface area contributed by atoms with Gasteiger partial charge in [-0.1, -0.05) is 5.16 Å². The fraction of sp³-hybridized carbons (Fsp3) is 0. The van der Waals surface area contributed by atoms with Gasteiger partial charge in [0.1, 0.15) is 6.21 Å². The van der Waals surface area contributed by atoms with Gasteiger partial charge in [0.2, 0.25) is 0 Å². The van der Waals surface area contributed by atoms with Crippen molar-refractivity contribution < 1.29 is 18.8 Å². The van der Waals surface area contributed by atoms with E-state index >= 15 is 0 Å². The van der Waals surface area contributed by atoms with Gasteiger partial charge in [0.15, 0.2) is 11.6 Å². The first-order valence-electron chi connectivity index (χ1n) is 3.88. The highest BCUT2D eigenvalue weighted by Crippen LogP contribution is 2.23. The standard InChI is InChI=1S/C8H6BrF2N2O2P/c9-6-7(11)3(10)1-4(8(6)16)13-5(14)2-12-15/h1-2,15H,16H2,(H,13,14)/b12-2+. The molecule has 4 nitrogen and oxygen atoms in total. The summed E-state index contributed by atoms with van der Waals surface area (Å²) >= 11 is 2.84. The number of carbonyl (C=O) groups is 1. The summed E-state index contributed by atoms with van der Waals surface area (Å²) in [6.45, 7) is 0. The number of hydrogen-bond acceptors (Lipinski definition) is 3. The fourth-order valence-electron chi connectivity index (χ4n) is 0.930. The molecule has 0 aromatic heterocycles. The van der Waals surface area contributed by atoms with Crippen molar-refractivity contribution >= 4 is 48.3 Å². The molecule has 0 radical (unpaired) electrons. The van der Waals surface area contributed by atoms with Gasteiger partial charge >= 0.3 is 0 Å². The topological polar surface area (TPSA) is 61.7 Å². The van der Waals surface area contributed by atoms with Crippen molar-refractivity contribution in [1.29, 1.82) is 0 Å². The van der Waals surface area contributed by atoms with Gasteiger partial charge in [0, 0.05) is 11.4 Å². The highest BCUT2D eigenvalue weighted by molar-refractivity contribution is 9.10. The van der Waals surface area contributed by atoms with E-state index in [-0.39, 0.29) is 15.5 Å². The third-order valence-corrected chi connectivity index (χ3v) is 3.43. The molecular weight excluding hydrogens is 305 g/mol. The van der Waals surface area contributed by atoms with Crippen LogP contribution in [0.1, 0.15) is 0 Å². The van der Waals surface area contributed by atoms with E-state index in [2.05, 4.69) is 35.6 Å². The van der Waals surface area contributed by atoms with Gasteiger partial charge in [0.05, 0.1) is 10.2 Å². The van der Waals surface area contributed by atoms with Crippen molar-refractivity contribution in [2.75, 3.05) is 5.32 Å². The SMILES string of the molecule is O=C(/C=N/O)Nc1cc(F)c(F)c(Br)c1P. The van der Waals surface area contributed by atoms with E-state index in [9.17, 15) is 13.6 Å².